The maximum absolute atomic E-state index is 12.7. The van der Waals surface area contributed by atoms with Crippen LogP contribution >= 0.6 is 11.6 Å². The lowest BCUT2D eigenvalue weighted by Gasteiger charge is -2.11. The van der Waals surface area contributed by atoms with Crippen LogP contribution in [0.25, 0.3) is 11.4 Å². The van der Waals surface area contributed by atoms with Gasteiger partial charge in [0.05, 0.1) is 9.92 Å². The second-order valence-corrected chi connectivity index (χ2v) is 7.82. The van der Waals surface area contributed by atoms with E-state index in [-0.39, 0.29) is 15.7 Å². The first-order valence-electron chi connectivity index (χ1n) is 7.87. The highest BCUT2D eigenvalue weighted by Gasteiger charge is 2.17. The summed E-state index contributed by atoms with van der Waals surface area (Å²) >= 11 is 6.00. The van der Waals surface area contributed by atoms with Gasteiger partial charge in [0.2, 0.25) is 0 Å². The summed E-state index contributed by atoms with van der Waals surface area (Å²) in [6, 6.07) is 10.5. The molecule has 2 N–H and O–H groups in total. The molecule has 0 unspecified atom stereocenters. The monoisotopic (exact) mass is 422 g/mol. The number of hydrogen-bond acceptors (Lipinski definition) is 6. The SMILES string of the molecule is Cn1cnnc1-c1cccc(NS(=O)(=O)c2ccc(OCC(=O)O)c(Cl)c2)c1. The molecule has 3 rings (SSSR count). The average molecular weight is 423 g/mol. The summed E-state index contributed by atoms with van der Waals surface area (Å²) in [5.41, 5.74) is 1.03. The first-order chi connectivity index (χ1) is 13.3. The van der Waals surface area contributed by atoms with Gasteiger partial charge < -0.3 is 14.4 Å². The minimum absolute atomic E-state index is 0.0167. The molecule has 3 aromatic rings. The summed E-state index contributed by atoms with van der Waals surface area (Å²) < 4.78 is 34.5. The first kappa shape index (κ1) is 19.6. The van der Waals surface area contributed by atoms with Gasteiger partial charge in [-0.1, -0.05) is 23.7 Å². The average Bonchev–Trinajstić information content (AvgIpc) is 3.06. The number of nitrogens with zero attached hydrogens (tertiary/aromatic N) is 3. The minimum Gasteiger partial charge on any atom is -0.480 e. The second-order valence-electron chi connectivity index (χ2n) is 5.73. The molecule has 0 atom stereocenters. The quantitative estimate of drug-likeness (QED) is 0.599. The molecule has 0 radical (unpaired) electrons. The number of halogens is 1. The van der Waals surface area contributed by atoms with Gasteiger partial charge in [-0.25, -0.2) is 13.2 Å². The fourth-order valence-electron chi connectivity index (χ4n) is 2.39. The zero-order chi connectivity index (χ0) is 20.3. The van der Waals surface area contributed by atoms with Crippen LogP contribution < -0.4 is 9.46 Å². The number of aryl methyl sites for hydroxylation is 1. The van der Waals surface area contributed by atoms with Crippen LogP contribution in [0.4, 0.5) is 5.69 Å². The van der Waals surface area contributed by atoms with Gasteiger partial charge in [-0.2, -0.15) is 0 Å². The van der Waals surface area contributed by atoms with Gasteiger partial charge >= 0.3 is 5.97 Å². The van der Waals surface area contributed by atoms with E-state index >= 15 is 0 Å². The third-order valence-corrected chi connectivity index (χ3v) is 5.32. The molecule has 0 spiro atoms. The molecule has 0 saturated carbocycles. The van der Waals surface area contributed by atoms with E-state index in [1.54, 1.807) is 42.2 Å². The molecule has 28 heavy (non-hydrogen) atoms. The molecule has 0 aliphatic carbocycles. The molecule has 0 aliphatic rings. The fraction of sp³-hybridized carbons (Fsp3) is 0.118. The molecule has 1 aromatic heterocycles. The summed E-state index contributed by atoms with van der Waals surface area (Å²) in [5, 5.41) is 16.4. The van der Waals surface area contributed by atoms with Gasteiger partial charge in [-0.15, -0.1) is 10.2 Å². The number of sulfonamides is 1. The molecule has 0 fully saturated rings. The number of benzene rings is 2. The summed E-state index contributed by atoms with van der Waals surface area (Å²) in [6.45, 7) is -0.584. The maximum Gasteiger partial charge on any atom is 0.341 e. The van der Waals surface area contributed by atoms with Gasteiger partial charge in [0.1, 0.15) is 12.1 Å². The van der Waals surface area contributed by atoms with Crippen molar-refractivity contribution in [3.05, 3.63) is 53.8 Å². The highest BCUT2D eigenvalue weighted by Crippen LogP contribution is 2.29. The normalized spacial score (nSPS) is 11.2. The Hall–Kier alpha value is -3.11. The van der Waals surface area contributed by atoms with Gasteiger partial charge in [0.15, 0.2) is 12.4 Å². The van der Waals surface area contributed by atoms with Crippen molar-refractivity contribution >= 4 is 33.3 Å². The van der Waals surface area contributed by atoms with Crippen molar-refractivity contribution in [1.82, 2.24) is 14.8 Å². The smallest absolute Gasteiger partial charge is 0.341 e. The van der Waals surface area contributed by atoms with E-state index in [1.807, 2.05) is 0 Å². The minimum atomic E-state index is -3.93. The van der Waals surface area contributed by atoms with E-state index in [1.165, 1.54) is 18.2 Å². The van der Waals surface area contributed by atoms with Gasteiger partial charge in [-0.05, 0) is 30.3 Å². The van der Waals surface area contributed by atoms with Crippen LogP contribution in [-0.2, 0) is 21.9 Å². The topological polar surface area (TPSA) is 123 Å². The highest BCUT2D eigenvalue weighted by molar-refractivity contribution is 7.92. The molecule has 11 heteroatoms. The predicted molar refractivity (Wildman–Crippen MR) is 102 cm³/mol. The number of rotatable bonds is 7. The van der Waals surface area contributed by atoms with E-state index < -0.39 is 22.6 Å². The standard InChI is InChI=1S/C17H15ClN4O5S/c1-22-10-19-20-17(22)11-3-2-4-12(7-11)21-28(25,26)13-5-6-15(14(18)8-13)27-9-16(23)24/h2-8,10,21H,9H2,1H3,(H,23,24). The van der Waals surface area contributed by atoms with Crippen molar-refractivity contribution < 1.29 is 23.1 Å². The number of aromatic nitrogens is 3. The number of hydrogen-bond donors (Lipinski definition) is 2. The predicted octanol–water partition coefficient (Wildman–Crippen LogP) is 2.40. The van der Waals surface area contributed by atoms with Crippen molar-refractivity contribution in [3.63, 3.8) is 0 Å². The Balaban J connectivity index is 1.83. The van der Waals surface area contributed by atoms with E-state index in [2.05, 4.69) is 14.9 Å². The Morgan fingerprint density at radius 1 is 1.29 bits per heavy atom. The van der Waals surface area contributed by atoms with Gasteiger partial charge in [0, 0.05) is 18.3 Å². The Bertz CT molecular complexity index is 1130. The molecule has 0 saturated heterocycles. The number of anilines is 1. The number of nitrogens with one attached hydrogen (secondary N) is 1. The fourth-order valence-corrected chi connectivity index (χ4v) is 3.76. The number of ether oxygens (including phenoxy) is 1. The van der Waals surface area contributed by atoms with Crippen molar-refractivity contribution in [2.45, 2.75) is 4.90 Å². The second kappa shape index (κ2) is 7.87. The first-order valence-corrected chi connectivity index (χ1v) is 9.74. The molecule has 0 amide bonds. The summed E-state index contributed by atoms with van der Waals surface area (Å²) in [7, 11) is -2.15. The van der Waals surface area contributed by atoms with Crippen LogP contribution in [0.2, 0.25) is 5.02 Å². The maximum atomic E-state index is 12.7. The van der Waals surface area contributed by atoms with Crippen LogP contribution in [0.15, 0.2) is 53.7 Å². The molecule has 0 aliphatic heterocycles. The van der Waals surface area contributed by atoms with E-state index in [9.17, 15) is 13.2 Å². The molecule has 0 bridgehead atoms. The third-order valence-electron chi connectivity index (χ3n) is 3.65. The van der Waals surface area contributed by atoms with Crippen LogP contribution in [-0.4, -0.2) is 40.9 Å². The highest BCUT2D eigenvalue weighted by atomic mass is 35.5. The van der Waals surface area contributed by atoms with Crippen LogP contribution in [0, 0.1) is 0 Å². The molecule has 146 valence electrons. The van der Waals surface area contributed by atoms with Crippen LogP contribution in [0.1, 0.15) is 0 Å². The lowest BCUT2D eigenvalue weighted by molar-refractivity contribution is -0.139. The van der Waals surface area contributed by atoms with Crippen molar-refractivity contribution in [2.24, 2.45) is 7.05 Å². The molecule has 2 aromatic carbocycles. The molecule has 9 nitrogen and oxygen atoms in total. The van der Waals surface area contributed by atoms with Gasteiger partial charge in [0.25, 0.3) is 10.0 Å². The number of carboxylic acid groups (broad SMARTS) is 1. The third kappa shape index (κ3) is 4.41. The lowest BCUT2D eigenvalue weighted by atomic mass is 10.2. The van der Waals surface area contributed by atoms with E-state index in [0.717, 1.165) is 0 Å². The number of carboxylic acids is 1. The van der Waals surface area contributed by atoms with Crippen molar-refractivity contribution in [3.8, 4) is 17.1 Å². The Kier molecular flexibility index (Phi) is 5.52. The summed E-state index contributed by atoms with van der Waals surface area (Å²) in [4.78, 5) is 10.5. The summed E-state index contributed by atoms with van der Waals surface area (Å²) in [6.07, 6.45) is 1.54. The number of carbonyl (C=O) groups is 1. The molecular weight excluding hydrogens is 408 g/mol. The van der Waals surface area contributed by atoms with E-state index in [4.69, 9.17) is 21.4 Å². The van der Waals surface area contributed by atoms with Crippen LogP contribution in [0.3, 0.4) is 0 Å². The van der Waals surface area contributed by atoms with Gasteiger partial charge in [-0.3, -0.25) is 4.72 Å². The number of aliphatic carboxylic acids is 1. The Morgan fingerprint density at radius 2 is 2.07 bits per heavy atom. The van der Waals surface area contributed by atoms with E-state index in [0.29, 0.717) is 17.1 Å². The summed E-state index contributed by atoms with van der Waals surface area (Å²) in [5.74, 6) is -0.506. The zero-order valence-electron chi connectivity index (χ0n) is 14.5. The lowest BCUT2D eigenvalue weighted by Crippen LogP contribution is -2.13. The largest absolute Gasteiger partial charge is 0.480 e. The van der Waals surface area contributed by atoms with Crippen molar-refractivity contribution in [1.29, 1.82) is 0 Å². The van der Waals surface area contributed by atoms with Crippen LogP contribution in [0.5, 0.6) is 5.75 Å². The molecular formula is C17H15ClN4O5S. The van der Waals surface area contributed by atoms with Crippen molar-refractivity contribution in [2.75, 3.05) is 11.3 Å². The molecule has 1 heterocycles. The Morgan fingerprint density at radius 3 is 2.71 bits per heavy atom. The zero-order valence-corrected chi connectivity index (χ0v) is 16.1. The Labute approximate surface area is 165 Å².